The minimum atomic E-state index is -0.542. The van der Waals surface area contributed by atoms with E-state index in [9.17, 15) is 4.79 Å². The van der Waals surface area contributed by atoms with Crippen molar-refractivity contribution < 1.29 is 14.3 Å². The molecule has 0 aliphatic rings. The van der Waals surface area contributed by atoms with Crippen LogP contribution in [0.4, 0.5) is 11.5 Å². The topological polar surface area (TPSA) is 86.2 Å². The van der Waals surface area contributed by atoms with Gasteiger partial charge < -0.3 is 14.8 Å². The van der Waals surface area contributed by atoms with Crippen molar-refractivity contribution in [1.29, 1.82) is 0 Å². The second-order valence-corrected chi connectivity index (χ2v) is 6.83. The van der Waals surface area contributed by atoms with Crippen LogP contribution >= 0.6 is 11.6 Å². The van der Waals surface area contributed by atoms with Gasteiger partial charge in [-0.05, 0) is 42.5 Å². The van der Waals surface area contributed by atoms with Gasteiger partial charge in [-0.15, -0.1) is 0 Å². The summed E-state index contributed by atoms with van der Waals surface area (Å²) in [7, 11) is 1.60. The van der Waals surface area contributed by atoms with Crippen molar-refractivity contribution in [3.8, 4) is 22.8 Å². The molecule has 2 aromatic carbocycles. The number of carbonyl (C=O) groups is 1. The number of anilines is 2. The summed E-state index contributed by atoms with van der Waals surface area (Å²) in [5.74, 6) is 1.07. The van der Waals surface area contributed by atoms with E-state index in [0.29, 0.717) is 38.9 Å². The zero-order chi connectivity index (χ0) is 21.8. The molecule has 0 amide bonds. The molecule has 1 N–H and O–H groups in total. The number of rotatable bonds is 6. The molecule has 0 spiro atoms. The molecule has 0 saturated carbocycles. The Bertz CT molecular complexity index is 1290. The fourth-order valence-corrected chi connectivity index (χ4v) is 3.26. The first-order chi connectivity index (χ1) is 15.1. The molecule has 0 aliphatic heterocycles. The smallest absolute Gasteiger partial charge is 0.335 e. The fourth-order valence-electron chi connectivity index (χ4n) is 2.98. The van der Waals surface area contributed by atoms with Gasteiger partial charge in [0.1, 0.15) is 23.6 Å². The van der Waals surface area contributed by atoms with Gasteiger partial charge in [0.2, 0.25) is 0 Å². The molecule has 4 rings (SSSR count). The van der Waals surface area contributed by atoms with Crippen molar-refractivity contribution >= 4 is 40.0 Å². The number of aromatic nitrogens is 3. The highest BCUT2D eigenvalue weighted by Gasteiger charge is 2.11. The van der Waals surface area contributed by atoms with Crippen molar-refractivity contribution in [2.45, 2.75) is 0 Å². The SMILES string of the molecule is C=CC(=O)Oc1ccc2ncnc(Nc3ccc(-c4cc(OC)ccn4)c(Cl)c3)c2c1. The van der Waals surface area contributed by atoms with Gasteiger partial charge in [-0.25, -0.2) is 14.8 Å². The van der Waals surface area contributed by atoms with Gasteiger partial charge in [0, 0.05) is 35.0 Å². The Morgan fingerprint density at radius 3 is 2.71 bits per heavy atom. The quantitative estimate of drug-likeness (QED) is 0.255. The number of nitrogens with one attached hydrogen (secondary N) is 1. The van der Waals surface area contributed by atoms with Gasteiger partial charge >= 0.3 is 5.97 Å². The predicted molar refractivity (Wildman–Crippen MR) is 120 cm³/mol. The van der Waals surface area contributed by atoms with Crippen molar-refractivity contribution in [2.24, 2.45) is 0 Å². The molecule has 2 aromatic heterocycles. The lowest BCUT2D eigenvalue weighted by molar-refractivity contribution is -0.128. The zero-order valence-corrected chi connectivity index (χ0v) is 17.3. The number of pyridine rings is 1. The van der Waals surface area contributed by atoms with E-state index < -0.39 is 5.97 Å². The van der Waals surface area contributed by atoms with Gasteiger partial charge in [-0.1, -0.05) is 18.2 Å². The van der Waals surface area contributed by atoms with Gasteiger partial charge in [0.15, 0.2) is 0 Å². The summed E-state index contributed by atoms with van der Waals surface area (Å²) in [6.07, 6.45) is 4.22. The Labute approximate surface area is 183 Å². The monoisotopic (exact) mass is 432 g/mol. The third-order valence-electron chi connectivity index (χ3n) is 4.47. The molecule has 0 fully saturated rings. The molecule has 2 heterocycles. The van der Waals surface area contributed by atoms with E-state index in [0.717, 1.165) is 17.3 Å². The number of hydrogen-bond donors (Lipinski definition) is 1. The third-order valence-corrected chi connectivity index (χ3v) is 4.78. The van der Waals surface area contributed by atoms with Crippen molar-refractivity contribution in [2.75, 3.05) is 12.4 Å². The van der Waals surface area contributed by atoms with Crippen LogP contribution in [-0.4, -0.2) is 28.0 Å². The van der Waals surface area contributed by atoms with Crippen molar-refractivity contribution in [3.63, 3.8) is 0 Å². The van der Waals surface area contributed by atoms with Crippen LogP contribution in [0.2, 0.25) is 5.02 Å². The second-order valence-electron chi connectivity index (χ2n) is 6.43. The molecule has 7 nitrogen and oxygen atoms in total. The minimum absolute atomic E-state index is 0.368. The summed E-state index contributed by atoms with van der Waals surface area (Å²) >= 11 is 6.52. The second kappa shape index (κ2) is 8.81. The number of hydrogen-bond acceptors (Lipinski definition) is 7. The molecule has 4 aromatic rings. The number of ether oxygens (including phenoxy) is 2. The standard InChI is InChI=1S/C23H17ClN4O3/c1-3-22(29)31-16-5-7-20-18(11-16)23(27-13-26-20)28-14-4-6-17(19(24)10-14)21-12-15(30-2)8-9-25-21/h3-13H,1H2,2H3,(H,26,27,28). The van der Waals surface area contributed by atoms with E-state index >= 15 is 0 Å². The maximum atomic E-state index is 11.5. The highest BCUT2D eigenvalue weighted by molar-refractivity contribution is 6.33. The molecular weight excluding hydrogens is 416 g/mol. The zero-order valence-electron chi connectivity index (χ0n) is 16.5. The Kier molecular flexibility index (Phi) is 5.77. The van der Waals surface area contributed by atoms with Crippen LogP contribution in [0.15, 0.2) is 73.7 Å². The predicted octanol–water partition coefficient (Wildman–Crippen LogP) is 5.19. The number of esters is 1. The van der Waals surface area contributed by atoms with Crippen LogP contribution in [0.3, 0.4) is 0 Å². The highest BCUT2D eigenvalue weighted by atomic mass is 35.5. The maximum absolute atomic E-state index is 11.5. The first-order valence-corrected chi connectivity index (χ1v) is 9.61. The first kappa shape index (κ1) is 20.3. The molecular formula is C23H17ClN4O3. The first-order valence-electron chi connectivity index (χ1n) is 9.23. The van der Waals surface area contributed by atoms with Crippen LogP contribution in [0.1, 0.15) is 0 Å². The Balaban J connectivity index is 1.65. The number of nitrogens with zero attached hydrogens (tertiary/aromatic N) is 3. The Morgan fingerprint density at radius 1 is 1.06 bits per heavy atom. The minimum Gasteiger partial charge on any atom is -0.497 e. The summed E-state index contributed by atoms with van der Waals surface area (Å²) in [5, 5.41) is 4.45. The number of carbonyl (C=O) groups excluding carboxylic acids is 1. The molecule has 154 valence electrons. The van der Waals surface area contributed by atoms with E-state index in [4.69, 9.17) is 21.1 Å². The lowest BCUT2D eigenvalue weighted by Crippen LogP contribution is -2.03. The molecule has 0 atom stereocenters. The molecule has 0 saturated heterocycles. The van der Waals surface area contributed by atoms with Gasteiger partial charge in [0.25, 0.3) is 0 Å². The fraction of sp³-hybridized carbons (Fsp3) is 0.0435. The van der Waals surface area contributed by atoms with Gasteiger partial charge in [-0.2, -0.15) is 0 Å². The number of halogens is 1. The maximum Gasteiger partial charge on any atom is 0.335 e. The van der Waals surface area contributed by atoms with E-state index in [-0.39, 0.29) is 0 Å². The van der Waals surface area contributed by atoms with E-state index in [2.05, 4.69) is 26.8 Å². The molecule has 8 heteroatoms. The molecule has 0 aliphatic carbocycles. The molecule has 0 radical (unpaired) electrons. The number of benzene rings is 2. The largest absolute Gasteiger partial charge is 0.497 e. The van der Waals surface area contributed by atoms with Crippen LogP contribution in [-0.2, 0) is 4.79 Å². The van der Waals surface area contributed by atoms with Crippen LogP contribution < -0.4 is 14.8 Å². The Morgan fingerprint density at radius 2 is 1.94 bits per heavy atom. The van der Waals surface area contributed by atoms with Gasteiger partial charge in [0.05, 0.1) is 23.3 Å². The van der Waals surface area contributed by atoms with E-state index in [1.165, 1.54) is 6.33 Å². The van der Waals surface area contributed by atoms with Crippen LogP contribution in [0, 0.1) is 0 Å². The summed E-state index contributed by atoms with van der Waals surface area (Å²) in [4.78, 5) is 24.4. The third kappa shape index (κ3) is 4.46. The van der Waals surface area contributed by atoms with Crippen LogP contribution in [0.25, 0.3) is 22.2 Å². The number of methoxy groups -OCH3 is 1. The summed E-state index contributed by atoms with van der Waals surface area (Å²) in [5.41, 5.74) is 2.90. The van der Waals surface area contributed by atoms with Gasteiger partial charge in [-0.3, -0.25) is 4.98 Å². The molecule has 31 heavy (non-hydrogen) atoms. The summed E-state index contributed by atoms with van der Waals surface area (Å²) < 4.78 is 10.5. The summed E-state index contributed by atoms with van der Waals surface area (Å²) in [6.45, 7) is 3.40. The lowest BCUT2D eigenvalue weighted by Gasteiger charge is -2.11. The number of fused-ring (bicyclic) bond motifs is 1. The lowest BCUT2D eigenvalue weighted by atomic mass is 10.1. The van der Waals surface area contributed by atoms with Crippen molar-refractivity contribution in [1.82, 2.24) is 15.0 Å². The van der Waals surface area contributed by atoms with E-state index in [1.807, 2.05) is 18.2 Å². The van der Waals surface area contributed by atoms with Crippen LogP contribution in [0.5, 0.6) is 11.5 Å². The Hall–Kier alpha value is -3.97. The molecule has 0 bridgehead atoms. The molecule has 0 unspecified atom stereocenters. The average molecular weight is 433 g/mol. The summed E-state index contributed by atoms with van der Waals surface area (Å²) in [6, 6.07) is 14.2. The normalized spacial score (nSPS) is 10.5. The van der Waals surface area contributed by atoms with E-state index in [1.54, 1.807) is 43.6 Å². The average Bonchev–Trinajstić information content (AvgIpc) is 2.79. The highest BCUT2D eigenvalue weighted by Crippen LogP contribution is 2.33. The van der Waals surface area contributed by atoms with Crippen molar-refractivity contribution in [3.05, 3.63) is 78.7 Å².